The summed E-state index contributed by atoms with van der Waals surface area (Å²) in [6, 6.07) is 14.4. The normalized spacial score (nSPS) is 11.2. The lowest BCUT2D eigenvalue weighted by atomic mass is 10.2. The number of ether oxygens (including phenoxy) is 3. The summed E-state index contributed by atoms with van der Waals surface area (Å²) in [7, 11) is -1.14. The first-order valence-corrected chi connectivity index (χ1v) is 13.2. The molecular weight excluding hydrogens is 599 g/mol. The Morgan fingerprint density at radius 2 is 1.69 bits per heavy atom. The number of carbonyl (C=O) groups excluding carboxylic acids is 1. The van der Waals surface area contributed by atoms with E-state index in [9.17, 15) is 13.2 Å². The van der Waals surface area contributed by atoms with Crippen molar-refractivity contribution >= 4 is 44.8 Å². The number of methoxy groups -OCH3 is 2. The quantitative estimate of drug-likeness (QED) is 0.153. The Bertz CT molecular complexity index is 1370. The maximum Gasteiger partial charge on any atom is 0.339 e. The van der Waals surface area contributed by atoms with Crippen LogP contribution in [0.1, 0.15) is 28.4 Å². The zero-order valence-electron chi connectivity index (χ0n) is 20.1. The van der Waals surface area contributed by atoms with Gasteiger partial charge in [0.15, 0.2) is 23.0 Å². The number of hydrogen-bond donors (Lipinski definition) is 1. The molecule has 0 spiro atoms. The Labute approximate surface area is 223 Å². The van der Waals surface area contributed by atoms with E-state index in [1.807, 2.05) is 36.4 Å². The molecule has 0 radical (unpaired) electrons. The van der Waals surface area contributed by atoms with Gasteiger partial charge in [0.05, 0.1) is 30.6 Å². The van der Waals surface area contributed by atoms with E-state index >= 15 is 0 Å². The molecule has 0 aliphatic carbocycles. The second kappa shape index (κ2) is 12.1. The highest BCUT2D eigenvalue weighted by Gasteiger charge is 2.22. The van der Waals surface area contributed by atoms with Crippen LogP contribution in [-0.4, -0.2) is 41.4 Å². The molecule has 190 valence electrons. The molecule has 9 nitrogen and oxygen atoms in total. The van der Waals surface area contributed by atoms with Gasteiger partial charge in [0.25, 0.3) is 5.91 Å². The fraction of sp³-hybridized carbons (Fsp3) is 0.200. The van der Waals surface area contributed by atoms with Crippen LogP contribution in [0.2, 0.25) is 0 Å². The van der Waals surface area contributed by atoms with E-state index in [1.54, 1.807) is 42.5 Å². The molecule has 11 heteroatoms. The molecule has 0 aliphatic heterocycles. The lowest BCUT2D eigenvalue weighted by Gasteiger charge is -2.13. The van der Waals surface area contributed by atoms with Crippen molar-refractivity contribution in [3.05, 3.63) is 74.9 Å². The number of nitrogens with one attached hydrogen (secondary N) is 1. The van der Waals surface area contributed by atoms with E-state index in [0.29, 0.717) is 32.8 Å². The SMILES string of the molecule is CCOc1cc(C(=O)N/N=C/c2cc(I)c(OS(=O)(=O)c3ccc(C)cc3)c(OC)c2)ccc1OC. The van der Waals surface area contributed by atoms with Gasteiger partial charge in [0.1, 0.15) is 4.90 Å². The van der Waals surface area contributed by atoms with Crippen LogP contribution in [0.25, 0.3) is 0 Å². The topological polar surface area (TPSA) is 113 Å². The molecule has 1 N–H and O–H groups in total. The van der Waals surface area contributed by atoms with Crippen LogP contribution < -0.4 is 23.8 Å². The molecule has 1 amide bonds. The van der Waals surface area contributed by atoms with Crippen LogP contribution in [0.3, 0.4) is 0 Å². The standard InChI is InChI=1S/C25H25IN2O7S/c1-5-34-22-14-18(8-11-21(22)32-3)25(29)28-27-15-17-12-20(26)24(23(13-17)33-4)35-36(30,31)19-9-6-16(2)7-10-19/h6-15H,5H2,1-4H3,(H,28,29)/b27-15+. The molecule has 0 aromatic heterocycles. The van der Waals surface area contributed by atoms with Gasteiger partial charge in [0.2, 0.25) is 0 Å². The van der Waals surface area contributed by atoms with Gasteiger partial charge in [-0.3, -0.25) is 4.79 Å². The molecule has 36 heavy (non-hydrogen) atoms. The van der Waals surface area contributed by atoms with Gasteiger partial charge in [-0.25, -0.2) is 5.43 Å². The van der Waals surface area contributed by atoms with Crippen molar-refractivity contribution in [3.8, 4) is 23.0 Å². The summed E-state index contributed by atoms with van der Waals surface area (Å²) in [5.41, 5.74) is 4.28. The summed E-state index contributed by atoms with van der Waals surface area (Å²) in [4.78, 5) is 12.5. The molecule has 0 saturated carbocycles. The van der Waals surface area contributed by atoms with Crippen molar-refractivity contribution in [2.24, 2.45) is 5.10 Å². The number of hydrogen-bond acceptors (Lipinski definition) is 8. The zero-order chi connectivity index (χ0) is 26.3. The van der Waals surface area contributed by atoms with E-state index in [1.165, 1.54) is 32.6 Å². The second-order valence-corrected chi connectivity index (χ2v) is 10.1. The van der Waals surface area contributed by atoms with Crippen molar-refractivity contribution in [1.82, 2.24) is 5.43 Å². The monoisotopic (exact) mass is 624 g/mol. The molecule has 0 heterocycles. The maximum atomic E-state index is 12.7. The predicted octanol–water partition coefficient (Wildman–Crippen LogP) is 4.55. The Hall–Kier alpha value is -3.32. The Kier molecular flexibility index (Phi) is 9.15. The molecular formula is C25H25IN2O7S. The van der Waals surface area contributed by atoms with E-state index in [0.717, 1.165) is 5.56 Å². The number of aryl methyl sites for hydroxylation is 1. The molecule has 3 aromatic carbocycles. The second-order valence-electron chi connectivity index (χ2n) is 7.38. The van der Waals surface area contributed by atoms with Crippen LogP contribution in [0.15, 0.2) is 64.6 Å². The summed E-state index contributed by atoms with van der Waals surface area (Å²) >= 11 is 1.95. The minimum atomic E-state index is -4.06. The molecule has 0 unspecified atom stereocenters. The number of amides is 1. The van der Waals surface area contributed by atoms with Crippen molar-refractivity contribution in [1.29, 1.82) is 0 Å². The highest BCUT2D eigenvalue weighted by molar-refractivity contribution is 14.1. The highest BCUT2D eigenvalue weighted by atomic mass is 127. The lowest BCUT2D eigenvalue weighted by molar-refractivity contribution is 0.0954. The van der Waals surface area contributed by atoms with E-state index in [4.69, 9.17) is 18.4 Å². The van der Waals surface area contributed by atoms with Crippen molar-refractivity contribution in [2.45, 2.75) is 18.7 Å². The summed E-state index contributed by atoms with van der Waals surface area (Å²) < 4.78 is 47.4. The number of carbonyl (C=O) groups is 1. The fourth-order valence-corrected chi connectivity index (χ4v) is 4.92. The number of halogens is 1. The number of rotatable bonds is 10. The average molecular weight is 624 g/mol. The highest BCUT2D eigenvalue weighted by Crippen LogP contribution is 2.35. The smallest absolute Gasteiger partial charge is 0.339 e. The molecule has 0 atom stereocenters. The van der Waals surface area contributed by atoms with Gasteiger partial charge >= 0.3 is 10.1 Å². The van der Waals surface area contributed by atoms with Gasteiger partial charge in [-0.2, -0.15) is 13.5 Å². The third-order valence-electron chi connectivity index (χ3n) is 4.86. The van der Waals surface area contributed by atoms with E-state index in [2.05, 4.69) is 10.5 Å². The van der Waals surface area contributed by atoms with Crippen LogP contribution >= 0.6 is 22.6 Å². The van der Waals surface area contributed by atoms with Gasteiger partial charge in [-0.1, -0.05) is 17.7 Å². The summed E-state index contributed by atoms with van der Waals surface area (Å²) in [6.45, 7) is 4.12. The van der Waals surface area contributed by atoms with Gasteiger partial charge in [-0.05, 0) is 84.5 Å². The van der Waals surface area contributed by atoms with Gasteiger partial charge in [-0.15, -0.1) is 0 Å². The van der Waals surface area contributed by atoms with Crippen LogP contribution in [0.4, 0.5) is 0 Å². The fourth-order valence-electron chi connectivity index (χ4n) is 3.07. The van der Waals surface area contributed by atoms with E-state index in [-0.39, 0.29) is 16.4 Å². The van der Waals surface area contributed by atoms with Crippen LogP contribution in [-0.2, 0) is 10.1 Å². The number of benzene rings is 3. The Balaban J connectivity index is 1.77. The minimum Gasteiger partial charge on any atom is -0.493 e. The summed E-state index contributed by atoms with van der Waals surface area (Å²) in [5.74, 6) is 0.779. The maximum absolute atomic E-state index is 12.7. The van der Waals surface area contributed by atoms with Gasteiger partial charge in [0, 0.05) is 5.56 Å². The van der Waals surface area contributed by atoms with Gasteiger partial charge < -0.3 is 18.4 Å². The minimum absolute atomic E-state index is 0.0327. The van der Waals surface area contributed by atoms with Crippen LogP contribution in [0, 0.1) is 10.5 Å². The first-order valence-electron chi connectivity index (χ1n) is 10.7. The summed E-state index contributed by atoms with van der Waals surface area (Å²) in [6.07, 6.45) is 1.41. The first-order chi connectivity index (χ1) is 17.2. The molecule has 0 aliphatic rings. The molecule has 0 bridgehead atoms. The molecule has 3 rings (SSSR count). The predicted molar refractivity (Wildman–Crippen MR) is 144 cm³/mol. The number of hydrazone groups is 1. The Morgan fingerprint density at radius 3 is 2.33 bits per heavy atom. The molecule has 0 fully saturated rings. The van der Waals surface area contributed by atoms with Crippen molar-refractivity contribution in [3.63, 3.8) is 0 Å². The number of nitrogens with zero attached hydrogens (tertiary/aromatic N) is 1. The van der Waals surface area contributed by atoms with Crippen LogP contribution in [0.5, 0.6) is 23.0 Å². The van der Waals surface area contributed by atoms with E-state index < -0.39 is 16.0 Å². The first kappa shape index (κ1) is 27.3. The average Bonchev–Trinajstić information content (AvgIpc) is 2.85. The molecule has 0 saturated heterocycles. The third-order valence-corrected chi connectivity index (χ3v) is 6.90. The summed E-state index contributed by atoms with van der Waals surface area (Å²) in [5, 5.41) is 4.00. The van der Waals surface area contributed by atoms with Crippen molar-refractivity contribution < 1.29 is 31.6 Å². The Morgan fingerprint density at radius 1 is 1.00 bits per heavy atom. The van der Waals surface area contributed by atoms with Crippen molar-refractivity contribution in [2.75, 3.05) is 20.8 Å². The largest absolute Gasteiger partial charge is 0.493 e. The lowest BCUT2D eigenvalue weighted by Crippen LogP contribution is -2.17. The zero-order valence-corrected chi connectivity index (χ0v) is 23.0. The third kappa shape index (κ3) is 6.66. The molecule has 3 aromatic rings.